The van der Waals surface area contributed by atoms with Crippen LogP contribution in [0.1, 0.15) is 34.8 Å². The number of carboxylic acids is 1. The molecule has 0 atom stereocenters. The van der Waals surface area contributed by atoms with Crippen molar-refractivity contribution in [3.8, 4) is 0 Å². The zero-order valence-electron chi connectivity index (χ0n) is 20.4. The molecule has 39 heavy (non-hydrogen) atoms. The third-order valence-electron chi connectivity index (χ3n) is 7.28. The Kier molecular flexibility index (Phi) is 6.66. The maximum atomic E-state index is 15.3. The average Bonchev–Trinajstić information content (AvgIpc) is 3.73. The van der Waals surface area contributed by atoms with E-state index in [2.05, 4.69) is 4.98 Å². The SMILES string of the molecule is Cl.O=C(O)c1cn(C2CC2)c2cc(N3CCN(c4ccnc5cc(C(F)(F)F)ccc45)CC3)c(F)cc2c1=O. The van der Waals surface area contributed by atoms with Crippen molar-refractivity contribution in [3.05, 3.63) is 76.0 Å². The quantitative estimate of drug-likeness (QED) is 0.332. The summed E-state index contributed by atoms with van der Waals surface area (Å²) in [4.78, 5) is 32.3. The van der Waals surface area contributed by atoms with Crippen molar-refractivity contribution in [3.63, 3.8) is 0 Å². The van der Waals surface area contributed by atoms with Gasteiger partial charge in [0.1, 0.15) is 11.4 Å². The summed E-state index contributed by atoms with van der Waals surface area (Å²) >= 11 is 0. The molecule has 1 aliphatic carbocycles. The van der Waals surface area contributed by atoms with Crippen LogP contribution in [-0.2, 0) is 6.18 Å². The lowest BCUT2D eigenvalue weighted by molar-refractivity contribution is -0.137. The van der Waals surface area contributed by atoms with Crippen molar-refractivity contribution in [1.82, 2.24) is 9.55 Å². The van der Waals surface area contributed by atoms with Gasteiger partial charge in [0, 0.05) is 61.1 Å². The summed E-state index contributed by atoms with van der Waals surface area (Å²) in [6.45, 7) is 1.86. The highest BCUT2D eigenvalue weighted by molar-refractivity contribution is 5.94. The smallest absolute Gasteiger partial charge is 0.416 e. The van der Waals surface area contributed by atoms with Crippen LogP contribution in [0.15, 0.2) is 53.6 Å². The van der Waals surface area contributed by atoms with Crippen LogP contribution < -0.4 is 15.2 Å². The number of benzene rings is 2. The molecule has 1 aliphatic heterocycles. The minimum atomic E-state index is -4.46. The third-order valence-corrected chi connectivity index (χ3v) is 7.28. The highest BCUT2D eigenvalue weighted by Gasteiger charge is 2.31. The molecule has 7 nitrogen and oxygen atoms in total. The predicted molar refractivity (Wildman–Crippen MR) is 142 cm³/mol. The molecule has 0 bridgehead atoms. The maximum absolute atomic E-state index is 15.3. The summed E-state index contributed by atoms with van der Waals surface area (Å²) in [5.74, 6) is -1.95. The van der Waals surface area contributed by atoms with Crippen LogP contribution in [0, 0.1) is 5.82 Å². The Bertz CT molecular complexity index is 1660. The summed E-state index contributed by atoms with van der Waals surface area (Å²) in [6, 6.07) is 8.09. The van der Waals surface area contributed by atoms with Crippen LogP contribution in [0.25, 0.3) is 21.8 Å². The number of anilines is 2. The molecule has 1 saturated carbocycles. The van der Waals surface area contributed by atoms with Gasteiger partial charge in [-0.3, -0.25) is 9.78 Å². The molecule has 0 spiro atoms. The molecule has 2 aromatic heterocycles. The first-order chi connectivity index (χ1) is 18.1. The highest BCUT2D eigenvalue weighted by atomic mass is 35.5. The molecule has 1 N–H and O–H groups in total. The van der Waals surface area contributed by atoms with E-state index >= 15 is 4.39 Å². The third kappa shape index (κ3) is 4.75. The first-order valence-electron chi connectivity index (χ1n) is 12.2. The Balaban J connectivity index is 0.00000308. The number of pyridine rings is 2. The zero-order valence-corrected chi connectivity index (χ0v) is 21.2. The van der Waals surface area contributed by atoms with E-state index in [9.17, 15) is 27.9 Å². The summed E-state index contributed by atoms with van der Waals surface area (Å²) in [6.07, 6.45) is 0.0828. The predicted octanol–water partition coefficient (Wildman–Crippen LogP) is 5.49. The number of hydrogen-bond acceptors (Lipinski definition) is 5. The molecule has 6 rings (SSSR count). The molecule has 0 amide bonds. The summed E-state index contributed by atoms with van der Waals surface area (Å²) in [7, 11) is 0. The van der Waals surface area contributed by atoms with Gasteiger partial charge in [0.2, 0.25) is 5.43 Å². The fourth-order valence-corrected chi connectivity index (χ4v) is 5.18. The van der Waals surface area contributed by atoms with Crippen LogP contribution >= 0.6 is 12.4 Å². The van der Waals surface area contributed by atoms with Crippen LogP contribution in [0.4, 0.5) is 28.9 Å². The lowest BCUT2D eigenvalue weighted by Crippen LogP contribution is -2.47. The second-order valence-electron chi connectivity index (χ2n) is 9.67. The van der Waals surface area contributed by atoms with Gasteiger partial charge in [-0.25, -0.2) is 9.18 Å². The van der Waals surface area contributed by atoms with Crippen molar-refractivity contribution in [1.29, 1.82) is 0 Å². The number of halogens is 5. The molecule has 2 aliphatic rings. The zero-order chi connectivity index (χ0) is 26.8. The lowest BCUT2D eigenvalue weighted by Gasteiger charge is -2.38. The van der Waals surface area contributed by atoms with Gasteiger partial charge in [-0.1, -0.05) is 6.07 Å². The highest BCUT2D eigenvalue weighted by Crippen LogP contribution is 2.39. The van der Waals surface area contributed by atoms with E-state index in [4.69, 9.17) is 0 Å². The number of carboxylic acid groups (broad SMARTS) is 1. The number of piperazine rings is 1. The molecule has 3 heterocycles. The second kappa shape index (κ2) is 9.71. The molecule has 204 valence electrons. The molecule has 2 aromatic carbocycles. The topological polar surface area (TPSA) is 78.7 Å². The van der Waals surface area contributed by atoms with Crippen molar-refractivity contribution in [2.24, 2.45) is 0 Å². The van der Waals surface area contributed by atoms with Crippen molar-refractivity contribution < 1.29 is 27.5 Å². The molecule has 2 fully saturated rings. The van der Waals surface area contributed by atoms with Gasteiger partial charge in [0.05, 0.1) is 22.3 Å². The number of fused-ring (bicyclic) bond motifs is 2. The number of carbonyl (C=O) groups is 1. The maximum Gasteiger partial charge on any atom is 0.416 e. The Morgan fingerprint density at radius 1 is 0.949 bits per heavy atom. The van der Waals surface area contributed by atoms with Crippen molar-refractivity contribution in [2.45, 2.75) is 25.1 Å². The van der Waals surface area contributed by atoms with E-state index in [0.29, 0.717) is 42.8 Å². The van der Waals surface area contributed by atoms with E-state index in [1.807, 2.05) is 9.80 Å². The van der Waals surface area contributed by atoms with Gasteiger partial charge in [0.25, 0.3) is 0 Å². The summed E-state index contributed by atoms with van der Waals surface area (Å²) in [5, 5.41) is 10.1. The first kappa shape index (κ1) is 26.7. The molecular formula is C27H23ClF4N4O3. The van der Waals surface area contributed by atoms with E-state index < -0.39 is 29.0 Å². The van der Waals surface area contributed by atoms with Crippen molar-refractivity contribution in [2.75, 3.05) is 36.0 Å². The van der Waals surface area contributed by atoms with Gasteiger partial charge in [0.15, 0.2) is 0 Å². The number of alkyl halides is 3. The number of rotatable bonds is 4. The molecule has 4 aromatic rings. The lowest BCUT2D eigenvalue weighted by atomic mass is 10.1. The van der Waals surface area contributed by atoms with Crippen LogP contribution in [0.3, 0.4) is 0 Å². The van der Waals surface area contributed by atoms with Gasteiger partial charge >= 0.3 is 12.1 Å². The van der Waals surface area contributed by atoms with Gasteiger partial charge in [-0.15, -0.1) is 12.4 Å². The molecular weight excluding hydrogens is 540 g/mol. The number of hydrogen-bond donors (Lipinski definition) is 1. The number of aromatic nitrogens is 2. The fraction of sp³-hybridized carbons (Fsp3) is 0.296. The van der Waals surface area contributed by atoms with Gasteiger partial charge < -0.3 is 19.5 Å². The molecule has 1 saturated heterocycles. The molecule has 0 radical (unpaired) electrons. The second-order valence-corrected chi connectivity index (χ2v) is 9.67. The number of aromatic carboxylic acids is 1. The Morgan fingerprint density at radius 3 is 2.23 bits per heavy atom. The monoisotopic (exact) mass is 562 g/mol. The normalized spacial score (nSPS) is 16.0. The van der Waals surface area contributed by atoms with Crippen LogP contribution in [0.2, 0.25) is 0 Å². The largest absolute Gasteiger partial charge is 0.477 e. The Hall–Kier alpha value is -3.86. The fourth-order valence-electron chi connectivity index (χ4n) is 5.18. The van der Waals surface area contributed by atoms with Crippen molar-refractivity contribution >= 4 is 51.6 Å². The van der Waals surface area contributed by atoms with Crippen LogP contribution in [0.5, 0.6) is 0 Å². The van der Waals surface area contributed by atoms with E-state index in [0.717, 1.165) is 36.7 Å². The van der Waals surface area contributed by atoms with Gasteiger partial charge in [-0.05, 0) is 43.2 Å². The standard InChI is InChI=1S/C27H22F4N4O3.ClH/c28-20-12-18-23(35(16-2-3-16)14-19(25(18)36)26(37)38)13-24(20)34-9-7-33(8-10-34)22-5-6-32-21-11-15(27(29,30)31)1-4-17(21)22;/h1,4-6,11-14,16H,2-3,7-10H2,(H,37,38);1H. The van der Waals surface area contributed by atoms with Gasteiger partial charge in [-0.2, -0.15) is 13.2 Å². The molecule has 0 unspecified atom stereocenters. The minimum Gasteiger partial charge on any atom is -0.477 e. The van der Waals surface area contributed by atoms with E-state index in [-0.39, 0.29) is 34.9 Å². The van der Waals surface area contributed by atoms with E-state index in [1.165, 1.54) is 18.5 Å². The summed E-state index contributed by atoms with van der Waals surface area (Å²) < 4.78 is 56.4. The van der Waals surface area contributed by atoms with Crippen LogP contribution in [-0.4, -0.2) is 46.8 Å². The average molecular weight is 563 g/mol. The minimum absolute atomic E-state index is 0. The Morgan fingerprint density at radius 2 is 1.62 bits per heavy atom. The number of nitrogens with zero attached hydrogens (tertiary/aromatic N) is 4. The first-order valence-corrected chi connectivity index (χ1v) is 12.2. The molecule has 12 heteroatoms. The van der Waals surface area contributed by atoms with E-state index in [1.54, 1.807) is 16.7 Å². The summed E-state index contributed by atoms with van der Waals surface area (Å²) in [5.41, 5.74) is -0.0167. The Labute approximate surface area is 225 Å².